The van der Waals surface area contributed by atoms with E-state index < -0.39 is 0 Å². The summed E-state index contributed by atoms with van der Waals surface area (Å²) in [7, 11) is 0. The molecule has 0 aliphatic heterocycles. The molecular weight excluding hydrogens is 130 g/mol. The van der Waals surface area contributed by atoms with E-state index in [1.807, 2.05) is 0 Å². The Morgan fingerprint density at radius 3 is 3.20 bits per heavy atom. The van der Waals surface area contributed by atoms with E-state index in [1.165, 1.54) is 0 Å². The second kappa shape index (κ2) is 1.73. The molecule has 0 aliphatic carbocycles. The van der Waals surface area contributed by atoms with Gasteiger partial charge in [-0.3, -0.25) is 4.79 Å². The summed E-state index contributed by atoms with van der Waals surface area (Å²) >= 11 is 0. The second-order valence-corrected chi connectivity index (χ2v) is 1.97. The van der Waals surface area contributed by atoms with Crippen LogP contribution < -0.4 is 0 Å². The zero-order chi connectivity index (χ0) is 6.97. The number of hydrogen-bond acceptors (Lipinski definition) is 2. The van der Waals surface area contributed by atoms with Crippen molar-refractivity contribution in [3.05, 3.63) is 24.1 Å². The lowest BCUT2D eigenvalue weighted by Crippen LogP contribution is -1.68. The van der Waals surface area contributed by atoms with Gasteiger partial charge in [-0.15, -0.1) is 0 Å². The van der Waals surface area contributed by atoms with Gasteiger partial charge in [0.05, 0.1) is 5.52 Å². The van der Waals surface area contributed by atoms with Gasteiger partial charge in [-0.2, -0.15) is 0 Å². The molecule has 0 unspecified atom stereocenters. The van der Waals surface area contributed by atoms with Crippen LogP contribution in [0, 0.1) is 0 Å². The third kappa shape index (κ3) is 0.572. The van der Waals surface area contributed by atoms with E-state index in [4.69, 9.17) is 4.42 Å². The number of fused-ring (bicyclic) bond motifs is 1. The number of aromatic nitrogens is 1. The van der Waals surface area contributed by atoms with Crippen LogP contribution in [0.15, 0.2) is 22.7 Å². The highest BCUT2D eigenvalue weighted by atomic mass is 16.3. The maximum atomic E-state index is 10.0. The minimum absolute atomic E-state index is 0.238. The standard InChI is InChI=1S/C7H4NO2/c9-4-5-3-6-7(10-5)1-2-8-6/h1-3,8H. The Morgan fingerprint density at radius 1 is 1.60 bits per heavy atom. The van der Waals surface area contributed by atoms with Gasteiger partial charge >= 0.3 is 0 Å². The van der Waals surface area contributed by atoms with E-state index in [9.17, 15) is 4.79 Å². The number of carbonyl (C=O) groups excluding carboxylic acids is 1. The van der Waals surface area contributed by atoms with Crippen molar-refractivity contribution in [2.24, 2.45) is 0 Å². The van der Waals surface area contributed by atoms with Gasteiger partial charge in [0.1, 0.15) is 0 Å². The molecule has 3 nitrogen and oxygen atoms in total. The summed E-state index contributed by atoms with van der Waals surface area (Å²) < 4.78 is 5.00. The lowest BCUT2D eigenvalue weighted by molar-refractivity contribution is 0.535. The van der Waals surface area contributed by atoms with Crippen LogP contribution in [0.4, 0.5) is 0 Å². The number of hydrogen-bond donors (Lipinski definition) is 1. The minimum atomic E-state index is 0.238. The second-order valence-electron chi connectivity index (χ2n) is 1.97. The van der Waals surface area contributed by atoms with Gasteiger partial charge in [0.25, 0.3) is 6.29 Å². The Bertz CT molecular complexity index is 330. The Kier molecular flexibility index (Phi) is 0.917. The lowest BCUT2D eigenvalue weighted by Gasteiger charge is -1.71. The highest BCUT2D eigenvalue weighted by Gasteiger charge is 2.01. The van der Waals surface area contributed by atoms with Gasteiger partial charge < -0.3 is 9.40 Å². The molecule has 0 fully saturated rings. The normalized spacial score (nSPS) is 10.4. The SMILES string of the molecule is O=[C]c1cc2[nH]ccc2o1. The van der Waals surface area contributed by atoms with Crippen LogP contribution in [-0.4, -0.2) is 11.3 Å². The fourth-order valence-electron chi connectivity index (χ4n) is 0.899. The third-order valence-corrected chi connectivity index (χ3v) is 1.33. The van der Waals surface area contributed by atoms with E-state index in [1.54, 1.807) is 24.6 Å². The van der Waals surface area contributed by atoms with Crippen LogP contribution in [0.1, 0.15) is 5.76 Å². The van der Waals surface area contributed by atoms with Crippen molar-refractivity contribution < 1.29 is 9.21 Å². The predicted octanol–water partition coefficient (Wildman–Crippen LogP) is 1.22. The van der Waals surface area contributed by atoms with Crippen molar-refractivity contribution in [1.29, 1.82) is 0 Å². The van der Waals surface area contributed by atoms with Gasteiger partial charge in [0.15, 0.2) is 11.3 Å². The first-order valence-corrected chi connectivity index (χ1v) is 2.85. The molecule has 2 aromatic heterocycles. The Balaban J connectivity index is 2.78. The molecule has 1 N–H and O–H groups in total. The molecule has 2 rings (SSSR count). The summed E-state index contributed by atoms with van der Waals surface area (Å²) in [6.07, 6.45) is 3.42. The summed E-state index contributed by atoms with van der Waals surface area (Å²) in [6, 6.07) is 3.37. The fraction of sp³-hybridized carbons (Fsp3) is 0. The van der Waals surface area contributed by atoms with E-state index in [2.05, 4.69) is 4.98 Å². The first-order chi connectivity index (χ1) is 4.90. The van der Waals surface area contributed by atoms with E-state index in [0.717, 1.165) is 5.52 Å². The van der Waals surface area contributed by atoms with Crippen molar-refractivity contribution in [3.8, 4) is 0 Å². The molecule has 2 aromatic rings. The summed E-state index contributed by atoms with van der Waals surface area (Å²) in [5.74, 6) is 0.238. The van der Waals surface area contributed by atoms with Crippen LogP contribution in [0.25, 0.3) is 11.1 Å². The highest BCUT2D eigenvalue weighted by Crippen LogP contribution is 2.15. The molecule has 0 aliphatic rings. The average Bonchev–Trinajstić information content (AvgIpc) is 2.42. The number of rotatable bonds is 1. The highest BCUT2D eigenvalue weighted by molar-refractivity contribution is 5.82. The largest absolute Gasteiger partial charge is 0.451 e. The number of aromatic amines is 1. The number of H-pyrrole nitrogens is 1. The van der Waals surface area contributed by atoms with Crippen molar-refractivity contribution in [2.75, 3.05) is 0 Å². The van der Waals surface area contributed by atoms with Gasteiger partial charge in [-0.25, -0.2) is 0 Å². The molecule has 0 saturated carbocycles. The third-order valence-electron chi connectivity index (χ3n) is 1.33. The topological polar surface area (TPSA) is 46.0 Å². The molecule has 10 heavy (non-hydrogen) atoms. The van der Waals surface area contributed by atoms with Crippen molar-refractivity contribution >= 4 is 17.4 Å². The maximum Gasteiger partial charge on any atom is 0.272 e. The average molecular weight is 134 g/mol. The molecular formula is C7H4NO2. The molecule has 0 bridgehead atoms. The molecule has 0 spiro atoms. The van der Waals surface area contributed by atoms with Crippen molar-refractivity contribution in [3.63, 3.8) is 0 Å². The first kappa shape index (κ1) is 5.29. The Morgan fingerprint density at radius 2 is 2.50 bits per heavy atom. The Labute approximate surface area is 56.6 Å². The summed E-state index contributed by atoms with van der Waals surface area (Å²) in [6.45, 7) is 0. The zero-order valence-electron chi connectivity index (χ0n) is 5.05. The molecule has 0 atom stereocenters. The van der Waals surface area contributed by atoms with Crippen LogP contribution in [0.5, 0.6) is 0 Å². The van der Waals surface area contributed by atoms with E-state index in [-0.39, 0.29) is 5.76 Å². The summed E-state index contributed by atoms with van der Waals surface area (Å²) in [4.78, 5) is 12.9. The van der Waals surface area contributed by atoms with Gasteiger partial charge in [0.2, 0.25) is 0 Å². The smallest absolute Gasteiger partial charge is 0.272 e. The summed E-state index contributed by atoms with van der Waals surface area (Å²) in [5.41, 5.74) is 1.52. The quantitative estimate of drug-likeness (QED) is 0.637. The molecule has 0 saturated heterocycles. The molecule has 3 heteroatoms. The van der Waals surface area contributed by atoms with Crippen LogP contribution in [0.2, 0.25) is 0 Å². The zero-order valence-corrected chi connectivity index (χ0v) is 5.05. The van der Waals surface area contributed by atoms with Gasteiger partial charge in [-0.1, -0.05) is 0 Å². The lowest BCUT2D eigenvalue weighted by atomic mass is 10.4. The minimum Gasteiger partial charge on any atom is -0.451 e. The molecule has 1 radical (unpaired) electrons. The fourth-order valence-corrected chi connectivity index (χ4v) is 0.899. The van der Waals surface area contributed by atoms with E-state index >= 15 is 0 Å². The van der Waals surface area contributed by atoms with Crippen molar-refractivity contribution in [1.82, 2.24) is 4.98 Å². The van der Waals surface area contributed by atoms with Gasteiger partial charge in [0, 0.05) is 12.3 Å². The molecule has 0 aromatic carbocycles. The van der Waals surface area contributed by atoms with Crippen LogP contribution in [0.3, 0.4) is 0 Å². The maximum absolute atomic E-state index is 10.0. The molecule has 0 amide bonds. The molecule has 2 heterocycles. The number of nitrogens with one attached hydrogen (secondary N) is 1. The summed E-state index contributed by atoms with van der Waals surface area (Å²) in [5, 5.41) is 0. The molecule has 49 valence electrons. The van der Waals surface area contributed by atoms with Crippen LogP contribution >= 0.6 is 0 Å². The predicted molar refractivity (Wildman–Crippen MR) is 35.4 cm³/mol. The Hall–Kier alpha value is -1.51. The first-order valence-electron chi connectivity index (χ1n) is 2.85. The monoisotopic (exact) mass is 134 g/mol. The van der Waals surface area contributed by atoms with E-state index in [0.29, 0.717) is 5.58 Å². The van der Waals surface area contributed by atoms with Gasteiger partial charge in [-0.05, 0) is 6.07 Å². The van der Waals surface area contributed by atoms with Crippen LogP contribution in [-0.2, 0) is 4.79 Å². The van der Waals surface area contributed by atoms with Crippen molar-refractivity contribution in [2.45, 2.75) is 0 Å². The number of furan rings is 1.